The van der Waals surface area contributed by atoms with Gasteiger partial charge in [-0.1, -0.05) is 37.5 Å². The van der Waals surface area contributed by atoms with E-state index in [1.165, 1.54) is 24.9 Å². The minimum atomic E-state index is -0.109. The molecule has 2 fully saturated rings. The van der Waals surface area contributed by atoms with Gasteiger partial charge in [0.2, 0.25) is 0 Å². The first-order valence-corrected chi connectivity index (χ1v) is 10.6. The van der Waals surface area contributed by atoms with E-state index in [2.05, 4.69) is 27.3 Å². The summed E-state index contributed by atoms with van der Waals surface area (Å²) in [6.07, 6.45) is 7.21. The lowest BCUT2D eigenvalue weighted by molar-refractivity contribution is 0.0741. The normalized spacial score (nSPS) is 17.8. The molecule has 1 aromatic carbocycles. The number of pyridine rings is 1. The van der Waals surface area contributed by atoms with Crippen LogP contribution in [0.1, 0.15) is 53.0 Å². The topological polar surface area (TPSA) is 65.5 Å². The quantitative estimate of drug-likeness (QED) is 0.868. The van der Waals surface area contributed by atoms with Crippen molar-refractivity contribution in [1.82, 2.24) is 15.2 Å². The Balaban J connectivity index is 1.36. The number of anilines is 1. The van der Waals surface area contributed by atoms with Gasteiger partial charge >= 0.3 is 0 Å². The molecule has 1 aromatic heterocycles. The van der Waals surface area contributed by atoms with Gasteiger partial charge in [-0.05, 0) is 37.1 Å². The van der Waals surface area contributed by atoms with E-state index in [4.69, 9.17) is 0 Å². The largest absolute Gasteiger partial charge is 0.368 e. The molecule has 0 radical (unpaired) electrons. The average Bonchev–Trinajstić information content (AvgIpc) is 2.80. The number of aromatic nitrogens is 1. The number of carbonyl (C=O) groups is 2. The molecule has 152 valence electrons. The highest BCUT2D eigenvalue weighted by atomic mass is 16.2. The number of piperazine rings is 1. The number of rotatable bonds is 4. The smallest absolute Gasteiger partial charge is 0.272 e. The van der Waals surface area contributed by atoms with Gasteiger partial charge in [-0.15, -0.1) is 0 Å². The van der Waals surface area contributed by atoms with Crippen LogP contribution < -0.4 is 10.2 Å². The van der Waals surface area contributed by atoms with E-state index in [1.807, 2.05) is 23.1 Å². The van der Waals surface area contributed by atoms with Crippen LogP contribution in [-0.2, 0) is 0 Å². The number of carbonyl (C=O) groups excluding carboxylic acids is 2. The van der Waals surface area contributed by atoms with E-state index in [-0.39, 0.29) is 17.9 Å². The van der Waals surface area contributed by atoms with Crippen molar-refractivity contribution >= 4 is 17.5 Å². The average molecular weight is 393 g/mol. The van der Waals surface area contributed by atoms with Crippen molar-refractivity contribution in [3.63, 3.8) is 0 Å². The van der Waals surface area contributed by atoms with Crippen LogP contribution in [0.2, 0.25) is 0 Å². The molecule has 2 heterocycles. The van der Waals surface area contributed by atoms with Crippen LogP contribution in [0.25, 0.3) is 0 Å². The van der Waals surface area contributed by atoms with E-state index in [0.29, 0.717) is 24.3 Å². The minimum Gasteiger partial charge on any atom is -0.368 e. The SMILES string of the molecule is O=C(NC1CCCCC1)c1ccnc(C(=O)N2CCN(c3ccccc3)CC2)c1. The Morgan fingerprint density at radius 3 is 2.38 bits per heavy atom. The Labute approximate surface area is 171 Å². The maximum absolute atomic E-state index is 12.9. The first-order chi connectivity index (χ1) is 14.2. The molecular formula is C23H28N4O2. The first-order valence-electron chi connectivity index (χ1n) is 10.6. The van der Waals surface area contributed by atoms with Crippen molar-refractivity contribution in [3.8, 4) is 0 Å². The monoisotopic (exact) mass is 392 g/mol. The Morgan fingerprint density at radius 1 is 0.931 bits per heavy atom. The zero-order valence-corrected chi connectivity index (χ0v) is 16.7. The summed E-state index contributed by atoms with van der Waals surface area (Å²) in [5, 5.41) is 3.11. The van der Waals surface area contributed by atoms with Gasteiger partial charge in [0.25, 0.3) is 11.8 Å². The van der Waals surface area contributed by atoms with Gasteiger partial charge < -0.3 is 15.1 Å². The Bertz CT molecular complexity index is 841. The summed E-state index contributed by atoms with van der Waals surface area (Å²) >= 11 is 0. The van der Waals surface area contributed by atoms with Crippen LogP contribution in [0.15, 0.2) is 48.7 Å². The predicted octanol–water partition coefficient (Wildman–Crippen LogP) is 3.11. The number of amides is 2. The van der Waals surface area contributed by atoms with Crippen molar-refractivity contribution in [2.45, 2.75) is 38.1 Å². The summed E-state index contributed by atoms with van der Waals surface area (Å²) in [5.74, 6) is -0.215. The number of nitrogens with zero attached hydrogens (tertiary/aromatic N) is 3. The molecule has 29 heavy (non-hydrogen) atoms. The summed E-state index contributed by atoms with van der Waals surface area (Å²) < 4.78 is 0. The third-order valence-corrected chi connectivity index (χ3v) is 5.87. The second-order valence-electron chi connectivity index (χ2n) is 7.85. The van der Waals surface area contributed by atoms with Crippen LogP contribution in [-0.4, -0.2) is 53.9 Å². The van der Waals surface area contributed by atoms with E-state index in [1.54, 1.807) is 18.3 Å². The molecule has 1 saturated heterocycles. The van der Waals surface area contributed by atoms with Gasteiger partial charge in [0.1, 0.15) is 5.69 Å². The van der Waals surface area contributed by atoms with E-state index in [9.17, 15) is 9.59 Å². The molecule has 4 rings (SSSR count). The number of hydrogen-bond acceptors (Lipinski definition) is 4. The van der Waals surface area contributed by atoms with Crippen LogP contribution in [0.3, 0.4) is 0 Å². The van der Waals surface area contributed by atoms with Gasteiger partial charge in [0.05, 0.1) is 0 Å². The second-order valence-corrected chi connectivity index (χ2v) is 7.85. The third kappa shape index (κ3) is 4.75. The molecular weight excluding hydrogens is 364 g/mol. The molecule has 0 bridgehead atoms. The minimum absolute atomic E-state index is 0.106. The van der Waals surface area contributed by atoms with Crippen molar-refractivity contribution in [1.29, 1.82) is 0 Å². The van der Waals surface area contributed by atoms with Crippen molar-refractivity contribution in [2.24, 2.45) is 0 Å². The van der Waals surface area contributed by atoms with Gasteiger partial charge in [-0.2, -0.15) is 0 Å². The molecule has 2 amide bonds. The van der Waals surface area contributed by atoms with Crippen LogP contribution in [0.4, 0.5) is 5.69 Å². The number of nitrogens with one attached hydrogen (secondary N) is 1. The fraction of sp³-hybridized carbons (Fsp3) is 0.435. The molecule has 2 aromatic rings. The second kappa shape index (κ2) is 9.07. The van der Waals surface area contributed by atoms with Gasteiger partial charge in [-0.25, -0.2) is 0 Å². The standard InChI is InChI=1S/C23H28N4O2/c28-22(25-19-7-3-1-4-8-19)18-11-12-24-21(17-18)23(29)27-15-13-26(14-16-27)20-9-5-2-6-10-20/h2,5-6,9-12,17,19H,1,3-4,7-8,13-16H2,(H,25,28). The summed E-state index contributed by atoms with van der Waals surface area (Å²) in [4.78, 5) is 33.9. The Morgan fingerprint density at radius 2 is 1.66 bits per heavy atom. The maximum atomic E-state index is 12.9. The molecule has 2 aliphatic rings. The molecule has 1 N–H and O–H groups in total. The summed E-state index contributed by atoms with van der Waals surface area (Å²) in [7, 11) is 0. The molecule has 0 unspecified atom stereocenters. The molecule has 1 saturated carbocycles. The fourth-order valence-electron chi connectivity index (χ4n) is 4.17. The number of benzene rings is 1. The van der Waals surface area contributed by atoms with E-state index in [0.717, 1.165) is 25.9 Å². The predicted molar refractivity (Wildman–Crippen MR) is 113 cm³/mol. The van der Waals surface area contributed by atoms with Crippen molar-refractivity contribution < 1.29 is 9.59 Å². The summed E-state index contributed by atoms with van der Waals surface area (Å²) in [5.41, 5.74) is 2.03. The third-order valence-electron chi connectivity index (χ3n) is 5.87. The van der Waals surface area contributed by atoms with Gasteiger partial charge in [0, 0.05) is 49.7 Å². The fourth-order valence-corrected chi connectivity index (χ4v) is 4.17. The van der Waals surface area contributed by atoms with Gasteiger partial charge in [0.15, 0.2) is 0 Å². The lowest BCUT2D eigenvalue weighted by Gasteiger charge is -2.36. The number of para-hydroxylation sites is 1. The molecule has 1 aliphatic carbocycles. The van der Waals surface area contributed by atoms with Crippen molar-refractivity contribution in [3.05, 3.63) is 59.9 Å². The summed E-state index contributed by atoms with van der Waals surface area (Å²) in [6, 6.07) is 13.8. The molecule has 6 heteroatoms. The summed E-state index contributed by atoms with van der Waals surface area (Å²) in [6.45, 7) is 2.87. The maximum Gasteiger partial charge on any atom is 0.272 e. The number of hydrogen-bond donors (Lipinski definition) is 1. The first kappa shape index (κ1) is 19.4. The van der Waals surface area contributed by atoms with E-state index < -0.39 is 0 Å². The molecule has 1 aliphatic heterocycles. The molecule has 6 nitrogen and oxygen atoms in total. The van der Waals surface area contributed by atoms with E-state index >= 15 is 0 Å². The lowest BCUT2D eigenvalue weighted by atomic mass is 9.95. The van der Waals surface area contributed by atoms with Gasteiger partial charge in [-0.3, -0.25) is 14.6 Å². The zero-order chi connectivity index (χ0) is 20.1. The zero-order valence-electron chi connectivity index (χ0n) is 16.7. The Hall–Kier alpha value is -2.89. The highest BCUT2D eigenvalue weighted by Gasteiger charge is 2.24. The van der Waals surface area contributed by atoms with Crippen LogP contribution in [0.5, 0.6) is 0 Å². The highest BCUT2D eigenvalue weighted by molar-refractivity contribution is 5.98. The molecule has 0 spiro atoms. The lowest BCUT2D eigenvalue weighted by Crippen LogP contribution is -2.49. The van der Waals surface area contributed by atoms with Crippen molar-refractivity contribution in [2.75, 3.05) is 31.1 Å². The Kier molecular flexibility index (Phi) is 6.08. The van der Waals surface area contributed by atoms with Crippen LogP contribution >= 0.6 is 0 Å². The van der Waals surface area contributed by atoms with Crippen LogP contribution in [0, 0.1) is 0 Å². The molecule has 0 atom stereocenters. The highest BCUT2D eigenvalue weighted by Crippen LogP contribution is 2.19.